The van der Waals surface area contributed by atoms with Crippen LogP contribution in [0.2, 0.25) is 0 Å². The molecule has 1 unspecified atom stereocenters. The van der Waals surface area contributed by atoms with Crippen molar-refractivity contribution in [1.29, 1.82) is 0 Å². The van der Waals surface area contributed by atoms with Gasteiger partial charge in [0.15, 0.2) is 0 Å². The summed E-state index contributed by atoms with van der Waals surface area (Å²) in [6.07, 6.45) is 0.192. The van der Waals surface area contributed by atoms with E-state index in [-0.39, 0.29) is 17.9 Å². The lowest BCUT2D eigenvalue weighted by Crippen LogP contribution is -2.42. The van der Waals surface area contributed by atoms with Gasteiger partial charge in [-0.1, -0.05) is 19.1 Å². The molecule has 2 amide bonds. The number of carbonyl (C=O) groups is 2. The van der Waals surface area contributed by atoms with Crippen LogP contribution in [0.4, 0.5) is 19.3 Å². The number of carboxylic acid groups (broad SMARTS) is 1. The Morgan fingerprint density at radius 1 is 1.35 bits per heavy atom. The number of ether oxygens (including phenoxy) is 1. The topological polar surface area (TPSA) is 87.7 Å². The van der Waals surface area contributed by atoms with Crippen molar-refractivity contribution in [2.24, 2.45) is 0 Å². The van der Waals surface area contributed by atoms with Crippen LogP contribution in [-0.2, 0) is 4.79 Å². The lowest BCUT2D eigenvalue weighted by Gasteiger charge is -2.15. The van der Waals surface area contributed by atoms with E-state index in [1.165, 1.54) is 24.3 Å². The Hall–Kier alpha value is -2.38. The summed E-state index contributed by atoms with van der Waals surface area (Å²) in [4.78, 5) is 22.4. The van der Waals surface area contributed by atoms with Gasteiger partial charge in [-0.15, -0.1) is 0 Å². The molecular weight excluding hydrogens is 274 g/mol. The number of hydrogen-bond acceptors (Lipinski definition) is 3. The minimum absolute atomic E-state index is 0.0190. The Labute approximate surface area is 113 Å². The molecule has 0 bridgehead atoms. The third-order valence-electron chi connectivity index (χ3n) is 2.36. The van der Waals surface area contributed by atoms with Crippen molar-refractivity contribution in [2.45, 2.75) is 26.0 Å². The molecule has 0 aliphatic rings. The van der Waals surface area contributed by atoms with Gasteiger partial charge in [0, 0.05) is 0 Å². The second kappa shape index (κ2) is 7.27. The highest BCUT2D eigenvalue weighted by atomic mass is 19.3. The molecule has 20 heavy (non-hydrogen) atoms. The standard InChI is InChI=1S/C12H14F2N2O4/c1-2-7(10(17)18)15-12(19)16-8-5-3-4-6-9(8)20-11(13)14/h3-7,11H,2H2,1H3,(H,17,18)(H2,15,16,19). The summed E-state index contributed by atoms with van der Waals surface area (Å²) >= 11 is 0. The monoisotopic (exact) mass is 288 g/mol. The van der Waals surface area contributed by atoms with Crippen molar-refractivity contribution in [3.63, 3.8) is 0 Å². The minimum Gasteiger partial charge on any atom is -0.480 e. The molecule has 8 heteroatoms. The Balaban J connectivity index is 2.73. The number of halogens is 2. The van der Waals surface area contributed by atoms with Gasteiger partial charge < -0.3 is 20.5 Å². The van der Waals surface area contributed by atoms with Gasteiger partial charge in [-0.3, -0.25) is 0 Å². The van der Waals surface area contributed by atoms with E-state index in [1.54, 1.807) is 6.92 Å². The maximum absolute atomic E-state index is 12.2. The summed E-state index contributed by atoms with van der Waals surface area (Å²) in [5, 5.41) is 13.3. The first-order chi connectivity index (χ1) is 9.43. The summed E-state index contributed by atoms with van der Waals surface area (Å²) in [5.74, 6) is -1.39. The fourth-order valence-electron chi connectivity index (χ4n) is 1.42. The van der Waals surface area contributed by atoms with E-state index in [4.69, 9.17) is 5.11 Å². The molecule has 0 spiro atoms. The van der Waals surface area contributed by atoms with Crippen LogP contribution in [0, 0.1) is 0 Å². The van der Waals surface area contributed by atoms with E-state index < -0.39 is 24.7 Å². The zero-order valence-electron chi connectivity index (χ0n) is 10.6. The van der Waals surface area contributed by atoms with Crippen molar-refractivity contribution >= 4 is 17.7 Å². The number of alkyl halides is 2. The van der Waals surface area contributed by atoms with Gasteiger partial charge in [0.25, 0.3) is 0 Å². The van der Waals surface area contributed by atoms with Gasteiger partial charge in [-0.2, -0.15) is 8.78 Å². The molecular formula is C12H14F2N2O4. The van der Waals surface area contributed by atoms with Gasteiger partial charge in [0.05, 0.1) is 5.69 Å². The average molecular weight is 288 g/mol. The number of amides is 2. The number of carboxylic acids is 1. The Morgan fingerprint density at radius 2 is 2.00 bits per heavy atom. The first kappa shape index (κ1) is 15.7. The zero-order valence-corrected chi connectivity index (χ0v) is 10.6. The molecule has 6 nitrogen and oxygen atoms in total. The van der Waals surface area contributed by atoms with Crippen LogP contribution >= 0.6 is 0 Å². The predicted octanol–water partition coefficient (Wildman–Crippen LogP) is 2.27. The summed E-state index contributed by atoms with van der Waals surface area (Å²) in [6, 6.07) is 3.73. The first-order valence-corrected chi connectivity index (χ1v) is 5.78. The highest BCUT2D eigenvalue weighted by Gasteiger charge is 2.18. The number of hydrogen-bond donors (Lipinski definition) is 3. The third kappa shape index (κ3) is 4.71. The number of benzene rings is 1. The molecule has 1 aromatic carbocycles. The number of para-hydroxylation sites is 2. The van der Waals surface area contributed by atoms with Gasteiger partial charge in [0.2, 0.25) is 0 Å². The summed E-state index contributed by atoms with van der Waals surface area (Å²) in [5.41, 5.74) is 0.0190. The third-order valence-corrected chi connectivity index (χ3v) is 2.36. The van der Waals surface area contributed by atoms with Crippen molar-refractivity contribution in [1.82, 2.24) is 5.32 Å². The molecule has 0 saturated carbocycles. The predicted molar refractivity (Wildman–Crippen MR) is 66.9 cm³/mol. The summed E-state index contributed by atoms with van der Waals surface area (Å²) in [7, 11) is 0. The van der Waals surface area contributed by atoms with Crippen LogP contribution in [0.1, 0.15) is 13.3 Å². The highest BCUT2D eigenvalue weighted by molar-refractivity contribution is 5.93. The molecule has 1 atom stereocenters. The Kier molecular flexibility index (Phi) is 5.70. The maximum atomic E-state index is 12.2. The van der Waals surface area contributed by atoms with Gasteiger partial charge >= 0.3 is 18.6 Å². The molecule has 0 heterocycles. The lowest BCUT2D eigenvalue weighted by molar-refractivity contribution is -0.139. The van der Waals surface area contributed by atoms with Crippen LogP contribution in [0.3, 0.4) is 0 Å². The molecule has 1 aromatic rings. The number of anilines is 1. The van der Waals surface area contributed by atoms with Gasteiger partial charge in [0.1, 0.15) is 11.8 Å². The number of aliphatic carboxylic acids is 1. The number of nitrogens with one attached hydrogen (secondary N) is 2. The SMILES string of the molecule is CCC(NC(=O)Nc1ccccc1OC(F)F)C(=O)O. The normalized spacial score (nSPS) is 11.8. The minimum atomic E-state index is -3.02. The highest BCUT2D eigenvalue weighted by Crippen LogP contribution is 2.25. The first-order valence-electron chi connectivity index (χ1n) is 5.78. The van der Waals surface area contributed by atoms with Crippen molar-refractivity contribution < 1.29 is 28.2 Å². The largest absolute Gasteiger partial charge is 0.480 e. The molecule has 0 aliphatic heterocycles. The number of urea groups is 1. The van der Waals surface area contributed by atoms with E-state index in [2.05, 4.69) is 15.4 Å². The van der Waals surface area contributed by atoms with E-state index >= 15 is 0 Å². The molecule has 0 aromatic heterocycles. The molecule has 0 fully saturated rings. The second-order valence-corrected chi connectivity index (χ2v) is 3.77. The Bertz CT molecular complexity index is 482. The smallest absolute Gasteiger partial charge is 0.387 e. The average Bonchev–Trinajstić information content (AvgIpc) is 2.37. The molecule has 0 aliphatic carbocycles. The zero-order chi connectivity index (χ0) is 15.1. The van der Waals surface area contributed by atoms with E-state index in [0.29, 0.717) is 0 Å². The van der Waals surface area contributed by atoms with Crippen LogP contribution in [0.5, 0.6) is 5.75 Å². The summed E-state index contributed by atoms with van der Waals surface area (Å²) in [6.45, 7) is -1.43. The molecule has 110 valence electrons. The molecule has 0 saturated heterocycles. The maximum Gasteiger partial charge on any atom is 0.387 e. The quantitative estimate of drug-likeness (QED) is 0.749. The van der Waals surface area contributed by atoms with Crippen molar-refractivity contribution in [2.75, 3.05) is 5.32 Å². The van der Waals surface area contributed by atoms with Crippen LogP contribution in [0.15, 0.2) is 24.3 Å². The lowest BCUT2D eigenvalue weighted by atomic mass is 10.2. The number of carbonyl (C=O) groups excluding carboxylic acids is 1. The van der Waals surface area contributed by atoms with E-state index in [9.17, 15) is 18.4 Å². The Morgan fingerprint density at radius 3 is 2.55 bits per heavy atom. The molecule has 1 rings (SSSR count). The van der Waals surface area contributed by atoms with Gasteiger partial charge in [-0.05, 0) is 18.6 Å². The fourth-order valence-corrected chi connectivity index (χ4v) is 1.42. The molecule has 3 N–H and O–H groups in total. The van der Waals surface area contributed by atoms with Gasteiger partial charge in [-0.25, -0.2) is 9.59 Å². The number of rotatable bonds is 6. The second-order valence-electron chi connectivity index (χ2n) is 3.77. The van der Waals surface area contributed by atoms with E-state index in [0.717, 1.165) is 0 Å². The van der Waals surface area contributed by atoms with Crippen molar-refractivity contribution in [3.05, 3.63) is 24.3 Å². The van der Waals surface area contributed by atoms with Crippen LogP contribution in [0.25, 0.3) is 0 Å². The molecule has 0 radical (unpaired) electrons. The fraction of sp³-hybridized carbons (Fsp3) is 0.333. The van der Waals surface area contributed by atoms with E-state index in [1.807, 2.05) is 0 Å². The van der Waals surface area contributed by atoms with Crippen LogP contribution in [-0.4, -0.2) is 29.8 Å². The van der Waals surface area contributed by atoms with Crippen LogP contribution < -0.4 is 15.4 Å². The van der Waals surface area contributed by atoms with Crippen molar-refractivity contribution in [3.8, 4) is 5.75 Å². The summed E-state index contributed by atoms with van der Waals surface area (Å²) < 4.78 is 28.6.